The molecule has 2 N–H and O–H groups in total. The van der Waals surface area contributed by atoms with Crippen LogP contribution >= 0.6 is 0 Å². The van der Waals surface area contributed by atoms with Crippen LogP contribution in [0.4, 0.5) is 5.69 Å². The van der Waals surface area contributed by atoms with E-state index in [4.69, 9.17) is 9.47 Å². The molecule has 2 aromatic carbocycles. The number of nitrogens with zero attached hydrogens (tertiary/aromatic N) is 4. The maximum atomic E-state index is 10.6. The van der Waals surface area contributed by atoms with E-state index in [1.807, 2.05) is 30.5 Å². The lowest BCUT2D eigenvalue weighted by Gasteiger charge is -2.36. The van der Waals surface area contributed by atoms with Crippen molar-refractivity contribution in [3.05, 3.63) is 84.2 Å². The highest BCUT2D eigenvalue weighted by Crippen LogP contribution is 2.23. The van der Waals surface area contributed by atoms with Gasteiger partial charge in [0, 0.05) is 69.3 Å². The quantitative estimate of drug-likeness (QED) is 0.252. The van der Waals surface area contributed by atoms with Crippen LogP contribution in [0.2, 0.25) is 0 Å². The summed E-state index contributed by atoms with van der Waals surface area (Å²) in [6, 6.07) is 21.0. The number of β-amino-alcohol motifs (C(OH)–C–C–N with tert-alkyl or cyclic N) is 1. The number of pyridine rings is 1. The van der Waals surface area contributed by atoms with Crippen LogP contribution < -0.4 is 19.7 Å². The van der Waals surface area contributed by atoms with Crippen molar-refractivity contribution in [2.75, 3.05) is 71.5 Å². The summed E-state index contributed by atoms with van der Waals surface area (Å²) < 4.78 is 12.0. The summed E-state index contributed by atoms with van der Waals surface area (Å²) in [5.41, 5.74) is 3.58. The molecule has 0 amide bonds. The van der Waals surface area contributed by atoms with Crippen molar-refractivity contribution in [2.24, 2.45) is 0 Å². The Bertz CT molecular complexity index is 1140. The number of ether oxygens (including phenoxy) is 2. The van der Waals surface area contributed by atoms with Gasteiger partial charge in [-0.2, -0.15) is 0 Å². The monoisotopic (exact) mass is 561 g/mol. The minimum atomic E-state index is -0.525. The number of aliphatic hydroxyl groups excluding tert-OH is 1. The fourth-order valence-corrected chi connectivity index (χ4v) is 5.15. The number of piperazine rings is 1. The van der Waals surface area contributed by atoms with Crippen molar-refractivity contribution in [1.29, 1.82) is 0 Å². The molecule has 222 valence electrons. The second-order valence-electron chi connectivity index (χ2n) is 11.0. The van der Waals surface area contributed by atoms with Gasteiger partial charge in [0.05, 0.1) is 12.8 Å². The van der Waals surface area contributed by atoms with Gasteiger partial charge in [0.1, 0.15) is 24.2 Å². The maximum absolute atomic E-state index is 10.6. The minimum absolute atomic E-state index is 0.207. The molecule has 4 rings (SSSR count). The Kier molecular flexibility index (Phi) is 12.3. The molecule has 0 radical (unpaired) electrons. The highest BCUT2D eigenvalue weighted by atomic mass is 16.5. The lowest BCUT2D eigenvalue weighted by molar-refractivity contribution is 0.0663. The molecule has 0 saturated carbocycles. The molecule has 1 aromatic heterocycles. The third-order valence-electron chi connectivity index (χ3n) is 7.51. The third-order valence-corrected chi connectivity index (χ3v) is 7.51. The van der Waals surface area contributed by atoms with Crippen LogP contribution in [0.25, 0.3) is 0 Å². The molecule has 0 aliphatic carbocycles. The van der Waals surface area contributed by atoms with E-state index >= 15 is 0 Å². The highest BCUT2D eigenvalue weighted by Gasteiger charge is 2.20. The summed E-state index contributed by atoms with van der Waals surface area (Å²) in [7, 11) is 4.14. The molecule has 0 spiro atoms. The van der Waals surface area contributed by atoms with Gasteiger partial charge in [0.25, 0.3) is 0 Å². The van der Waals surface area contributed by atoms with Crippen LogP contribution in [0, 0.1) is 0 Å². The van der Waals surface area contributed by atoms with Gasteiger partial charge in [-0.25, -0.2) is 0 Å². The normalized spacial score (nSPS) is 15.6. The Balaban J connectivity index is 1.19. The van der Waals surface area contributed by atoms with E-state index in [9.17, 15) is 5.11 Å². The largest absolute Gasteiger partial charge is 0.492 e. The zero-order valence-corrected chi connectivity index (χ0v) is 24.9. The summed E-state index contributed by atoms with van der Waals surface area (Å²) >= 11 is 0. The van der Waals surface area contributed by atoms with Gasteiger partial charge in [-0.3, -0.25) is 9.88 Å². The lowest BCUT2D eigenvalue weighted by atomic mass is 10.0. The van der Waals surface area contributed by atoms with Gasteiger partial charge in [-0.05, 0) is 62.8 Å². The summed E-state index contributed by atoms with van der Waals surface area (Å²) in [5.74, 6) is 1.62. The van der Waals surface area contributed by atoms with Crippen LogP contribution in [0.3, 0.4) is 0 Å². The van der Waals surface area contributed by atoms with Crippen molar-refractivity contribution in [1.82, 2.24) is 20.1 Å². The average molecular weight is 562 g/mol. The minimum Gasteiger partial charge on any atom is -0.492 e. The van der Waals surface area contributed by atoms with E-state index in [2.05, 4.69) is 82.4 Å². The summed E-state index contributed by atoms with van der Waals surface area (Å²) in [5, 5.41) is 14.3. The smallest absolute Gasteiger partial charge is 0.142 e. The molecule has 0 bridgehead atoms. The number of hydrogen-bond acceptors (Lipinski definition) is 8. The van der Waals surface area contributed by atoms with Gasteiger partial charge >= 0.3 is 0 Å². The van der Waals surface area contributed by atoms with Gasteiger partial charge in [0.15, 0.2) is 0 Å². The van der Waals surface area contributed by atoms with E-state index in [0.29, 0.717) is 19.7 Å². The number of para-hydroxylation sites is 1. The van der Waals surface area contributed by atoms with Crippen molar-refractivity contribution >= 4 is 5.69 Å². The first-order valence-electron chi connectivity index (χ1n) is 14.9. The fraction of sp³-hybridized carbons (Fsp3) is 0.485. The number of hydrogen-bond donors (Lipinski definition) is 2. The maximum Gasteiger partial charge on any atom is 0.142 e. The van der Waals surface area contributed by atoms with Crippen molar-refractivity contribution in [2.45, 2.75) is 38.5 Å². The molecule has 2 heterocycles. The molecule has 1 aliphatic heterocycles. The second-order valence-corrected chi connectivity index (χ2v) is 11.0. The molecule has 8 heteroatoms. The van der Waals surface area contributed by atoms with Crippen molar-refractivity contribution in [3.63, 3.8) is 0 Å². The lowest BCUT2D eigenvalue weighted by Crippen LogP contribution is -2.49. The summed E-state index contributed by atoms with van der Waals surface area (Å²) in [6.07, 6.45) is 5.03. The molecular weight excluding hydrogens is 514 g/mol. The number of aromatic nitrogens is 1. The van der Waals surface area contributed by atoms with Gasteiger partial charge in [-0.15, -0.1) is 0 Å². The fourth-order valence-electron chi connectivity index (χ4n) is 5.15. The molecule has 1 saturated heterocycles. The zero-order valence-electron chi connectivity index (χ0n) is 24.9. The molecule has 41 heavy (non-hydrogen) atoms. The van der Waals surface area contributed by atoms with E-state index in [1.54, 1.807) is 6.20 Å². The van der Waals surface area contributed by atoms with Crippen molar-refractivity contribution in [3.8, 4) is 11.5 Å². The van der Waals surface area contributed by atoms with Crippen LogP contribution in [-0.2, 0) is 6.54 Å². The molecular formula is C33H47N5O3. The Morgan fingerprint density at radius 1 is 0.976 bits per heavy atom. The Hall–Kier alpha value is -3.17. The van der Waals surface area contributed by atoms with Crippen LogP contribution in [0.1, 0.15) is 36.9 Å². The third kappa shape index (κ3) is 10.0. The summed E-state index contributed by atoms with van der Waals surface area (Å²) in [4.78, 5) is 11.1. The molecule has 2 unspecified atom stereocenters. The van der Waals surface area contributed by atoms with E-state index < -0.39 is 6.10 Å². The first kappa shape index (κ1) is 30.8. The van der Waals surface area contributed by atoms with E-state index in [1.165, 1.54) is 11.3 Å². The Labute approximate surface area is 245 Å². The number of rotatable bonds is 16. The van der Waals surface area contributed by atoms with Crippen LogP contribution in [0.5, 0.6) is 11.5 Å². The van der Waals surface area contributed by atoms with Crippen molar-refractivity contribution < 1.29 is 14.6 Å². The van der Waals surface area contributed by atoms with E-state index in [0.717, 1.165) is 62.6 Å². The number of anilines is 1. The molecule has 8 nitrogen and oxygen atoms in total. The van der Waals surface area contributed by atoms with Gasteiger partial charge < -0.3 is 29.7 Å². The predicted molar refractivity (Wildman–Crippen MR) is 166 cm³/mol. The van der Waals surface area contributed by atoms with E-state index in [-0.39, 0.29) is 12.6 Å². The topological polar surface area (TPSA) is 73.3 Å². The van der Waals surface area contributed by atoms with Crippen LogP contribution in [0.15, 0.2) is 73.1 Å². The summed E-state index contributed by atoms with van der Waals surface area (Å²) in [6.45, 7) is 9.29. The van der Waals surface area contributed by atoms with Gasteiger partial charge in [-0.1, -0.05) is 37.3 Å². The standard InChI is InChI=1S/C33H47N5O3/c1-4-32(35-23-28-15-16-34-24-33(28)40-22-8-17-36(2)3)27-11-13-31(14-12-27)41-26-30(39)25-37-18-20-38(21-19-37)29-9-6-5-7-10-29/h5-7,9-16,24,30,32,35,39H,4,8,17-23,25-26H2,1-3H3. The molecule has 3 aromatic rings. The number of benzene rings is 2. The Morgan fingerprint density at radius 2 is 1.73 bits per heavy atom. The average Bonchev–Trinajstić information content (AvgIpc) is 3.00. The number of aliphatic hydroxyl groups is 1. The number of nitrogens with one attached hydrogen (secondary N) is 1. The molecule has 1 aliphatic rings. The highest BCUT2D eigenvalue weighted by molar-refractivity contribution is 5.46. The molecule has 2 atom stereocenters. The molecule has 1 fully saturated rings. The van der Waals surface area contributed by atoms with Crippen LogP contribution in [-0.4, -0.2) is 92.6 Å². The first-order valence-corrected chi connectivity index (χ1v) is 14.9. The zero-order chi connectivity index (χ0) is 28.9. The van der Waals surface area contributed by atoms with Gasteiger partial charge in [0.2, 0.25) is 0 Å². The first-order chi connectivity index (χ1) is 20.0. The predicted octanol–water partition coefficient (Wildman–Crippen LogP) is 4.21. The Morgan fingerprint density at radius 3 is 2.44 bits per heavy atom. The second kappa shape index (κ2) is 16.3. The SMILES string of the molecule is CCC(NCc1ccncc1OCCCN(C)C)c1ccc(OCC(O)CN2CCN(c3ccccc3)CC2)cc1.